The molecule has 5 rings (SSSR count). The molecular formula is C30H27Cl2N3O4. The average molecular weight is 564 g/mol. The number of hydrogen-bond donors (Lipinski definition) is 1. The lowest BCUT2D eigenvalue weighted by molar-refractivity contribution is 0.0743. The van der Waals surface area contributed by atoms with Crippen molar-refractivity contribution in [2.45, 2.75) is 6.92 Å². The lowest BCUT2D eigenvalue weighted by Gasteiger charge is -2.36. The number of hydrogen-bond acceptors (Lipinski definition) is 5. The van der Waals surface area contributed by atoms with E-state index in [0.717, 1.165) is 16.8 Å². The monoisotopic (exact) mass is 563 g/mol. The molecule has 0 radical (unpaired) electrons. The Morgan fingerprint density at radius 1 is 0.897 bits per heavy atom. The van der Waals surface area contributed by atoms with Crippen LogP contribution in [0.1, 0.15) is 26.5 Å². The highest BCUT2D eigenvalue weighted by Gasteiger charge is 2.25. The Morgan fingerprint density at radius 3 is 2.33 bits per heavy atom. The lowest BCUT2D eigenvalue weighted by Crippen LogP contribution is -2.48. The molecule has 0 aliphatic carbocycles. The molecule has 0 bridgehead atoms. The fraction of sp³-hybridized carbons (Fsp3) is 0.200. The molecule has 1 saturated heterocycles. The van der Waals surface area contributed by atoms with Gasteiger partial charge in [0, 0.05) is 53.2 Å². The van der Waals surface area contributed by atoms with E-state index in [0.29, 0.717) is 59.0 Å². The Kier molecular flexibility index (Phi) is 7.82. The molecule has 3 aromatic carbocycles. The summed E-state index contributed by atoms with van der Waals surface area (Å²) in [4.78, 5) is 29.8. The number of piperazine rings is 1. The van der Waals surface area contributed by atoms with E-state index in [2.05, 4.69) is 10.2 Å². The number of amides is 2. The summed E-state index contributed by atoms with van der Waals surface area (Å²) in [6.45, 7) is 4.43. The Labute approximate surface area is 236 Å². The first-order chi connectivity index (χ1) is 18.8. The van der Waals surface area contributed by atoms with Crippen LogP contribution >= 0.6 is 23.2 Å². The largest absolute Gasteiger partial charge is 0.496 e. The smallest absolute Gasteiger partial charge is 0.291 e. The number of nitrogens with zero attached hydrogens (tertiary/aromatic N) is 2. The van der Waals surface area contributed by atoms with Crippen molar-refractivity contribution in [2.75, 3.05) is 43.5 Å². The third-order valence-corrected chi connectivity index (χ3v) is 7.38. The van der Waals surface area contributed by atoms with Crippen LogP contribution in [-0.4, -0.2) is 50.0 Å². The first-order valence-electron chi connectivity index (χ1n) is 12.5. The maximum Gasteiger partial charge on any atom is 0.291 e. The van der Waals surface area contributed by atoms with E-state index < -0.39 is 0 Å². The van der Waals surface area contributed by atoms with Crippen molar-refractivity contribution < 1.29 is 18.7 Å². The van der Waals surface area contributed by atoms with Gasteiger partial charge in [0.1, 0.15) is 11.5 Å². The van der Waals surface area contributed by atoms with E-state index in [1.54, 1.807) is 35.2 Å². The van der Waals surface area contributed by atoms with Crippen molar-refractivity contribution in [1.29, 1.82) is 0 Å². The second-order valence-corrected chi connectivity index (χ2v) is 10.1. The first kappa shape index (κ1) is 26.7. The average Bonchev–Trinajstić information content (AvgIpc) is 3.45. The molecule has 2 heterocycles. The minimum atomic E-state index is -0.337. The van der Waals surface area contributed by atoms with Gasteiger partial charge in [-0.3, -0.25) is 9.59 Å². The number of methoxy groups -OCH3 is 1. The fourth-order valence-corrected chi connectivity index (χ4v) is 4.85. The third kappa shape index (κ3) is 5.90. The van der Waals surface area contributed by atoms with Gasteiger partial charge in [-0.2, -0.15) is 0 Å². The number of furan rings is 1. The molecular weight excluding hydrogens is 537 g/mol. The van der Waals surface area contributed by atoms with Crippen molar-refractivity contribution in [3.63, 3.8) is 0 Å². The molecule has 7 nitrogen and oxygen atoms in total. The van der Waals surface area contributed by atoms with Crippen LogP contribution in [0, 0.1) is 6.92 Å². The molecule has 1 fully saturated rings. The summed E-state index contributed by atoms with van der Waals surface area (Å²) in [7, 11) is 1.54. The van der Waals surface area contributed by atoms with Crippen LogP contribution in [-0.2, 0) is 0 Å². The quantitative estimate of drug-likeness (QED) is 0.279. The topological polar surface area (TPSA) is 75.0 Å². The number of ether oxygens (including phenoxy) is 1. The van der Waals surface area contributed by atoms with Crippen molar-refractivity contribution in [1.82, 2.24) is 4.90 Å². The number of nitrogens with one attached hydrogen (secondary N) is 1. The van der Waals surface area contributed by atoms with Crippen LogP contribution in [0.4, 0.5) is 11.4 Å². The molecule has 0 atom stereocenters. The predicted octanol–water partition coefficient (Wildman–Crippen LogP) is 6.79. The van der Waals surface area contributed by atoms with Gasteiger partial charge < -0.3 is 24.3 Å². The molecule has 0 saturated carbocycles. The number of carbonyl (C=O) groups excluding carboxylic acids is 2. The number of halogens is 2. The zero-order valence-corrected chi connectivity index (χ0v) is 23.1. The molecule has 9 heteroatoms. The summed E-state index contributed by atoms with van der Waals surface area (Å²) in [5, 5.41) is 4.01. The summed E-state index contributed by atoms with van der Waals surface area (Å²) >= 11 is 12.3. The van der Waals surface area contributed by atoms with Gasteiger partial charge in [0.25, 0.3) is 11.8 Å². The molecule has 200 valence electrons. The van der Waals surface area contributed by atoms with Crippen molar-refractivity contribution in [2.24, 2.45) is 0 Å². The van der Waals surface area contributed by atoms with E-state index >= 15 is 0 Å². The normalized spacial score (nSPS) is 13.3. The van der Waals surface area contributed by atoms with Crippen LogP contribution in [0.5, 0.6) is 5.75 Å². The number of aryl methyl sites for hydroxylation is 1. The summed E-state index contributed by atoms with van der Waals surface area (Å²) in [6, 6.07) is 21.7. The predicted molar refractivity (Wildman–Crippen MR) is 154 cm³/mol. The zero-order valence-electron chi connectivity index (χ0n) is 21.5. The van der Waals surface area contributed by atoms with E-state index in [4.69, 9.17) is 32.4 Å². The summed E-state index contributed by atoms with van der Waals surface area (Å²) in [5.74, 6) is 0.857. The Bertz CT molecular complexity index is 1510. The Balaban J connectivity index is 1.18. The zero-order chi connectivity index (χ0) is 27.5. The second-order valence-electron chi connectivity index (χ2n) is 9.25. The molecule has 2 amide bonds. The van der Waals surface area contributed by atoms with Gasteiger partial charge in [0.15, 0.2) is 5.76 Å². The highest BCUT2D eigenvalue weighted by atomic mass is 35.5. The summed E-state index contributed by atoms with van der Waals surface area (Å²) in [5.41, 5.74) is 3.91. The van der Waals surface area contributed by atoms with Crippen LogP contribution in [0.25, 0.3) is 11.3 Å². The SMILES string of the molecule is COc1ccc(Cl)cc1C(=O)N1CCN(c2ccc(NC(=O)c3ccc(-c4ccc(C)c(Cl)c4)o3)cc2)CC1. The van der Waals surface area contributed by atoms with Crippen molar-refractivity contribution in [3.05, 3.63) is 99.7 Å². The van der Waals surface area contributed by atoms with E-state index in [1.165, 1.54) is 7.11 Å². The van der Waals surface area contributed by atoms with E-state index in [9.17, 15) is 9.59 Å². The molecule has 1 aromatic heterocycles. The van der Waals surface area contributed by atoms with Crippen LogP contribution in [0.2, 0.25) is 10.0 Å². The van der Waals surface area contributed by atoms with Gasteiger partial charge in [-0.15, -0.1) is 0 Å². The maximum atomic E-state index is 13.1. The Morgan fingerprint density at radius 2 is 1.64 bits per heavy atom. The highest BCUT2D eigenvalue weighted by Crippen LogP contribution is 2.28. The fourth-order valence-electron chi connectivity index (χ4n) is 4.49. The van der Waals surface area contributed by atoms with Gasteiger partial charge in [0.2, 0.25) is 0 Å². The van der Waals surface area contributed by atoms with E-state index in [-0.39, 0.29) is 17.6 Å². The number of rotatable bonds is 6. The molecule has 0 spiro atoms. The molecule has 4 aromatic rings. The number of benzene rings is 3. The molecule has 0 unspecified atom stereocenters. The van der Waals surface area contributed by atoms with Gasteiger partial charge in [-0.25, -0.2) is 0 Å². The Hall–Kier alpha value is -3.94. The first-order valence-corrected chi connectivity index (χ1v) is 13.2. The standard InChI is InChI=1S/C30H27Cl2N3O4/c1-19-3-4-20(17-25(19)32)26-11-12-28(39-26)29(36)33-22-6-8-23(9-7-22)34-13-15-35(16-14-34)30(37)24-18-21(31)5-10-27(24)38-2/h3-12,17-18H,13-16H2,1-2H3,(H,33,36). The van der Waals surface area contributed by atoms with E-state index in [1.807, 2.05) is 49.4 Å². The molecule has 1 aliphatic heterocycles. The molecule has 1 aliphatic rings. The molecule has 39 heavy (non-hydrogen) atoms. The van der Waals surface area contributed by atoms with Crippen LogP contribution in [0.15, 0.2) is 77.2 Å². The summed E-state index contributed by atoms with van der Waals surface area (Å²) < 4.78 is 11.1. The number of anilines is 2. The second kappa shape index (κ2) is 11.4. The van der Waals surface area contributed by atoms with Gasteiger partial charge in [-0.1, -0.05) is 35.3 Å². The maximum absolute atomic E-state index is 13.1. The third-order valence-electron chi connectivity index (χ3n) is 6.74. The van der Waals surface area contributed by atoms with Gasteiger partial charge in [-0.05, 0) is 73.2 Å². The summed E-state index contributed by atoms with van der Waals surface area (Å²) in [6.07, 6.45) is 0. The van der Waals surface area contributed by atoms with Crippen LogP contribution in [0.3, 0.4) is 0 Å². The van der Waals surface area contributed by atoms with Crippen LogP contribution < -0.4 is 15.0 Å². The number of carbonyl (C=O) groups is 2. The van der Waals surface area contributed by atoms with Gasteiger partial charge in [0.05, 0.1) is 12.7 Å². The minimum absolute atomic E-state index is 0.0985. The van der Waals surface area contributed by atoms with Crippen molar-refractivity contribution >= 4 is 46.4 Å². The highest BCUT2D eigenvalue weighted by molar-refractivity contribution is 6.31. The minimum Gasteiger partial charge on any atom is -0.496 e. The lowest BCUT2D eigenvalue weighted by atomic mass is 10.1. The van der Waals surface area contributed by atoms with Gasteiger partial charge >= 0.3 is 0 Å². The molecule has 1 N–H and O–H groups in total. The van der Waals surface area contributed by atoms with Crippen molar-refractivity contribution in [3.8, 4) is 17.1 Å².